The maximum Gasteiger partial charge on any atom is 0.295 e. The summed E-state index contributed by atoms with van der Waals surface area (Å²) in [6.07, 6.45) is 4.99. The largest absolute Gasteiger partial charge is 0.507 e. The second-order valence-corrected chi connectivity index (χ2v) is 7.85. The van der Waals surface area contributed by atoms with E-state index in [-0.39, 0.29) is 17.4 Å². The summed E-state index contributed by atoms with van der Waals surface area (Å²) in [4.78, 5) is 27.7. The number of likely N-dealkylation sites (tertiary alicyclic amines) is 1. The fraction of sp³-hybridized carbons (Fsp3) is 0.304. The number of carbonyl (C=O) groups excluding carboxylic acids is 2. The van der Waals surface area contributed by atoms with Gasteiger partial charge in [-0.25, -0.2) is 0 Å². The van der Waals surface area contributed by atoms with Crippen molar-refractivity contribution in [3.8, 4) is 0 Å². The number of rotatable bonds is 3. The molecular weight excluding hydrogens is 374 g/mol. The molecule has 1 aliphatic carbocycles. The summed E-state index contributed by atoms with van der Waals surface area (Å²) in [7, 11) is 0. The average Bonchev–Trinajstić information content (AvgIpc) is 3.00. The lowest BCUT2D eigenvalue weighted by Gasteiger charge is -2.35. The Bertz CT molecular complexity index is 915. The van der Waals surface area contributed by atoms with Crippen LogP contribution in [-0.4, -0.2) is 27.7 Å². The quantitative estimate of drug-likeness (QED) is 0.447. The molecule has 144 valence electrons. The van der Waals surface area contributed by atoms with Crippen LogP contribution in [0, 0.1) is 0 Å². The molecule has 0 aromatic heterocycles. The molecule has 1 atom stereocenters. The normalized spacial score (nSPS) is 22.6. The first-order valence-corrected chi connectivity index (χ1v) is 10.1. The molecule has 1 saturated heterocycles. The highest BCUT2D eigenvalue weighted by Gasteiger charge is 2.48. The summed E-state index contributed by atoms with van der Waals surface area (Å²) in [6, 6.07) is 15.5. The third-order valence-electron chi connectivity index (χ3n) is 5.68. The highest BCUT2D eigenvalue weighted by atomic mass is 35.5. The van der Waals surface area contributed by atoms with Gasteiger partial charge in [-0.2, -0.15) is 0 Å². The van der Waals surface area contributed by atoms with Gasteiger partial charge in [0.1, 0.15) is 5.76 Å². The van der Waals surface area contributed by atoms with Crippen LogP contribution in [0.2, 0.25) is 5.02 Å². The Balaban J connectivity index is 1.86. The van der Waals surface area contributed by atoms with Crippen molar-refractivity contribution in [1.82, 2.24) is 4.90 Å². The molecule has 1 amide bonds. The number of nitrogens with zero attached hydrogens (tertiary/aromatic N) is 1. The number of amides is 1. The maximum absolute atomic E-state index is 13.0. The summed E-state index contributed by atoms with van der Waals surface area (Å²) < 4.78 is 0. The van der Waals surface area contributed by atoms with Gasteiger partial charge in [0.15, 0.2) is 0 Å². The molecule has 0 spiro atoms. The van der Waals surface area contributed by atoms with Crippen molar-refractivity contribution in [3.63, 3.8) is 0 Å². The number of hydrogen-bond donors (Lipinski definition) is 1. The second-order valence-electron chi connectivity index (χ2n) is 7.42. The molecule has 1 heterocycles. The molecule has 5 heteroatoms. The molecule has 0 radical (unpaired) electrons. The number of halogens is 1. The van der Waals surface area contributed by atoms with Crippen molar-refractivity contribution >= 4 is 29.1 Å². The van der Waals surface area contributed by atoms with E-state index in [0.29, 0.717) is 10.6 Å². The average molecular weight is 396 g/mol. The van der Waals surface area contributed by atoms with Crippen molar-refractivity contribution in [3.05, 3.63) is 76.3 Å². The minimum Gasteiger partial charge on any atom is -0.507 e. The van der Waals surface area contributed by atoms with Crippen molar-refractivity contribution in [1.29, 1.82) is 0 Å². The SMILES string of the molecule is O=C1C(=O)N(C2CCCCC2)[C@H](c2ccc(Cl)cc2)C1=C(O)c1ccccc1. The summed E-state index contributed by atoms with van der Waals surface area (Å²) in [5.74, 6) is -1.27. The van der Waals surface area contributed by atoms with Gasteiger partial charge < -0.3 is 10.0 Å². The second kappa shape index (κ2) is 7.80. The van der Waals surface area contributed by atoms with Crippen LogP contribution in [-0.2, 0) is 9.59 Å². The predicted molar refractivity (Wildman–Crippen MR) is 109 cm³/mol. The Morgan fingerprint density at radius 2 is 1.57 bits per heavy atom. The van der Waals surface area contributed by atoms with Crippen molar-refractivity contribution < 1.29 is 14.7 Å². The highest BCUT2D eigenvalue weighted by molar-refractivity contribution is 6.46. The van der Waals surface area contributed by atoms with Crippen LogP contribution in [0.1, 0.15) is 49.3 Å². The van der Waals surface area contributed by atoms with Gasteiger partial charge >= 0.3 is 0 Å². The van der Waals surface area contributed by atoms with Gasteiger partial charge in [-0.3, -0.25) is 9.59 Å². The van der Waals surface area contributed by atoms with Crippen LogP contribution in [0.3, 0.4) is 0 Å². The molecule has 1 aliphatic heterocycles. The van der Waals surface area contributed by atoms with Crippen LogP contribution in [0.4, 0.5) is 0 Å². The Labute approximate surface area is 169 Å². The Kier molecular flexibility index (Phi) is 5.23. The fourth-order valence-electron chi connectivity index (χ4n) is 4.31. The summed E-state index contributed by atoms with van der Waals surface area (Å²) in [5, 5.41) is 11.5. The van der Waals surface area contributed by atoms with Gasteiger partial charge in [0, 0.05) is 16.6 Å². The zero-order valence-corrected chi connectivity index (χ0v) is 16.2. The van der Waals surface area contributed by atoms with E-state index in [1.54, 1.807) is 41.3 Å². The molecule has 1 saturated carbocycles. The van der Waals surface area contributed by atoms with Crippen LogP contribution < -0.4 is 0 Å². The number of hydrogen-bond acceptors (Lipinski definition) is 3. The molecule has 4 nitrogen and oxygen atoms in total. The lowest BCUT2D eigenvalue weighted by atomic mass is 9.91. The lowest BCUT2D eigenvalue weighted by Crippen LogP contribution is -2.40. The minimum absolute atomic E-state index is 0.00644. The summed E-state index contributed by atoms with van der Waals surface area (Å²) in [5.41, 5.74) is 1.47. The molecule has 1 N–H and O–H groups in total. The topological polar surface area (TPSA) is 57.6 Å². The molecule has 2 aromatic carbocycles. The van der Waals surface area contributed by atoms with Crippen LogP contribution in [0.15, 0.2) is 60.2 Å². The molecule has 0 unspecified atom stereocenters. The number of ketones is 1. The van der Waals surface area contributed by atoms with E-state index < -0.39 is 17.7 Å². The molecular formula is C23H22ClNO3. The van der Waals surface area contributed by atoms with Gasteiger partial charge in [0.2, 0.25) is 0 Å². The van der Waals surface area contributed by atoms with Gasteiger partial charge in [-0.15, -0.1) is 0 Å². The first-order chi connectivity index (χ1) is 13.6. The number of benzene rings is 2. The van der Waals surface area contributed by atoms with Gasteiger partial charge in [-0.1, -0.05) is 73.3 Å². The van der Waals surface area contributed by atoms with E-state index in [1.807, 2.05) is 18.2 Å². The van der Waals surface area contributed by atoms with E-state index >= 15 is 0 Å². The Morgan fingerprint density at radius 3 is 2.21 bits per heavy atom. The first-order valence-electron chi connectivity index (χ1n) is 9.69. The van der Waals surface area contributed by atoms with Gasteiger partial charge in [0.25, 0.3) is 11.7 Å². The molecule has 4 rings (SSSR count). The Hall–Kier alpha value is -2.59. The van der Waals surface area contributed by atoms with Crippen LogP contribution >= 0.6 is 11.6 Å². The maximum atomic E-state index is 13.0. The molecule has 2 aliphatic rings. The Morgan fingerprint density at radius 1 is 0.929 bits per heavy atom. The summed E-state index contributed by atoms with van der Waals surface area (Å²) in [6.45, 7) is 0. The number of aliphatic hydroxyl groups is 1. The van der Waals surface area contributed by atoms with E-state index in [1.165, 1.54) is 0 Å². The van der Waals surface area contributed by atoms with E-state index in [9.17, 15) is 14.7 Å². The highest BCUT2D eigenvalue weighted by Crippen LogP contribution is 2.43. The molecule has 28 heavy (non-hydrogen) atoms. The predicted octanol–water partition coefficient (Wildman–Crippen LogP) is 5.09. The smallest absolute Gasteiger partial charge is 0.295 e. The monoisotopic (exact) mass is 395 g/mol. The van der Waals surface area contributed by atoms with E-state index in [2.05, 4.69) is 0 Å². The minimum atomic E-state index is -0.619. The van der Waals surface area contributed by atoms with Crippen molar-refractivity contribution in [2.75, 3.05) is 0 Å². The number of aliphatic hydroxyl groups excluding tert-OH is 1. The van der Waals surface area contributed by atoms with Crippen molar-refractivity contribution in [2.24, 2.45) is 0 Å². The fourth-order valence-corrected chi connectivity index (χ4v) is 4.44. The standard InChI is InChI=1S/C23H22ClNO3/c24-17-13-11-15(12-14-17)20-19(21(26)16-7-3-1-4-8-16)22(27)23(28)25(20)18-9-5-2-6-10-18/h1,3-4,7-8,11-14,18,20,26H,2,5-6,9-10H2/t20-/m1/s1. The number of carbonyl (C=O) groups is 2. The van der Waals surface area contributed by atoms with Crippen molar-refractivity contribution in [2.45, 2.75) is 44.2 Å². The zero-order valence-electron chi connectivity index (χ0n) is 15.5. The van der Waals surface area contributed by atoms with Crippen LogP contribution in [0.25, 0.3) is 5.76 Å². The summed E-state index contributed by atoms with van der Waals surface area (Å²) >= 11 is 6.05. The third-order valence-corrected chi connectivity index (χ3v) is 5.93. The molecule has 0 bridgehead atoms. The molecule has 2 fully saturated rings. The molecule has 2 aromatic rings. The first kappa shape index (κ1) is 18.8. The number of Topliss-reactive ketones (excluding diaryl/α,β-unsaturated/α-hetero) is 1. The third kappa shape index (κ3) is 3.33. The lowest BCUT2D eigenvalue weighted by molar-refractivity contribution is -0.141. The van der Waals surface area contributed by atoms with Gasteiger partial charge in [-0.05, 0) is 30.5 Å². The van der Waals surface area contributed by atoms with E-state index in [4.69, 9.17) is 11.6 Å². The van der Waals surface area contributed by atoms with Gasteiger partial charge in [0.05, 0.1) is 11.6 Å². The zero-order chi connectivity index (χ0) is 19.7. The van der Waals surface area contributed by atoms with Crippen LogP contribution in [0.5, 0.6) is 0 Å². The van der Waals surface area contributed by atoms with E-state index in [0.717, 1.165) is 37.7 Å².